The van der Waals surface area contributed by atoms with Gasteiger partial charge in [-0.3, -0.25) is 19.1 Å². The minimum absolute atomic E-state index is 0.0101. The highest BCUT2D eigenvalue weighted by Crippen LogP contribution is 2.44. The number of H-pyrrole nitrogens is 1. The molecule has 2 aromatic carbocycles. The second-order valence-electron chi connectivity index (χ2n) is 11.7. The zero-order chi connectivity index (χ0) is 31.6. The zero-order valence-electron chi connectivity index (χ0n) is 24.5. The van der Waals surface area contributed by atoms with Gasteiger partial charge in [-0.05, 0) is 48.2 Å². The third-order valence-electron chi connectivity index (χ3n) is 7.78. The first-order chi connectivity index (χ1) is 20.9. The summed E-state index contributed by atoms with van der Waals surface area (Å²) in [6.07, 6.45) is 0.820. The second kappa shape index (κ2) is 13.1. The van der Waals surface area contributed by atoms with E-state index in [0.717, 1.165) is 33.0 Å². The molecule has 3 aromatic rings. The fraction of sp³-hybridized carbons (Fsp3) is 0.387. The lowest BCUT2D eigenvalue weighted by atomic mass is 9.98. The zero-order valence-corrected chi connectivity index (χ0v) is 25.4. The molecule has 0 bridgehead atoms. The van der Waals surface area contributed by atoms with Crippen LogP contribution in [0.25, 0.3) is 11.1 Å². The third kappa shape index (κ3) is 6.95. The Morgan fingerprint density at radius 2 is 1.68 bits per heavy atom. The van der Waals surface area contributed by atoms with E-state index in [0.29, 0.717) is 6.42 Å². The standard InChI is InChI=1S/C31H36N3O9P/c1-44(2,3)13-12-24-26(36)27(37)29(42-24)34-16-18(28(38)33-30(34)39)14-32-15-25(35)43-31(40)41-17-23-21-10-6-4-8-19(21)20-9-5-7-11-22(20)23/h4-11,16,23-24,26-27,29,32,36-37H,1,12-15,17H2,2-3H3,(H,33,38,39)/t24-,26-,27-,29?/m1/s1. The van der Waals surface area contributed by atoms with Crippen molar-refractivity contribution in [2.75, 3.05) is 32.6 Å². The van der Waals surface area contributed by atoms with Gasteiger partial charge in [0.1, 0.15) is 18.8 Å². The maximum Gasteiger partial charge on any atom is 0.516 e. The number of hydrogen-bond acceptors (Lipinski definition) is 10. The smallest absolute Gasteiger partial charge is 0.433 e. The first-order valence-corrected chi connectivity index (χ1v) is 17.3. The number of benzene rings is 2. The molecule has 5 rings (SSSR count). The fourth-order valence-electron chi connectivity index (χ4n) is 5.56. The molecule has 0 radical (unpaired) electrons. The molecule has 4 N–H and O–H groups in total. The Morgan fingerprint density at radius 1 is 1.05 bits per heavy atom. The first kappa shape index (κ1) is 31.6. The maximum absolute atomic E-state index is 12.5. The van der Waals surface area contributed by atoms with Gasteiger partial charge in [0, 0.05) is 24.2 Å². The Bertz CT molecular complexity index is 1670. The van der Waals surface area contributed by atoms with E-state index < -0.39 is 61.3 Å². The number of ether oxygens (including phenoxy) is 3. The van der Waals surface area contributed by atoms with E-state index in [1.807, 2.05) is 61.9 Å². The molecule has 1 unspecified atom stereocenters. The molecule has 1 fully saturated rings. The summed E-state index contributed by atoms with van der Waals surface area (Å²) in [4.78, 5) is 51.7. The van der Waals surface area contributed by atoms with Crippen molar-refractivity contribution < 1.29 is 34.0 Å². The summed E-state index contributed by atoms with van der Waals surface area (Å²) < 4.78 is 16.9. The van der Waals surface area contributed by atoms with E-state index >= 15 is 0 Å². The van der Waals surface area contributed by atoms with Gasteiger partial charge in [-0.1, -0.05) is 48.5 Å². The molecular weight excluding hydrogens is 589 g/mol. The Kier molecular flexibility index (Phi) is 9.38. The number of nitrogens with zero attached hydrogens (tertiary/aromatic N) is 1. The van der Waals surface area contributed by atoms with Gasteiger partial charge >= 0.3 is 17.8 Å². The van der Waals surface area contributed by atoms with Gasteiger partial charge in [0.2, 0.25) is 0 Å². The number of carbonyl (C=O) groups excluding carboxylic acids is 2. The molecule has 12 nitrogen and oxygen atoms in total. The van der Waals surface area contributed by atoms with Crippen LogP contribution in [0.5, 0.6) is 0 Å². The fourth-order valence-corrected chi connectivity index (χ4v) is 6.52. The van der Waals surface area contributed by atoms with E-state index in [2.05, 4.69) is 16.6 Å². The van der Waals surface area contributed by atoms with Crippen molar-refractivity contribution in [1.82, 2.24) is 14.9 Å². The van der Waals surface area contributed by atoms with Crippen LogP contribution in [-0.2, 0) is 25.5 Å². The monoisotopic (exact) mass is 625 g/mol. The molecule has 1 aliphatic heterocycles. The minimum atomic E-state index is -1.41. The first-order valence-electron chi connectivity index (χ1n) is 14.2. The number of aliphatic hydroxyl groups is 2. The average Bonchev–Trinajstić information content (AvgIpc) is 3.45. The molecule has 0 spiro atoms. The van der Waals surface area contributed by atoms with Crippen LogP contribution in [0.4, 0.5) is 4.79 Å². The number of aromatic amines is 1. The molecule has 1 aliphatic carbocycles. The van der Waals surface area contributed by atoms with E-state index in [1.165, 1.54) is 6.20 Å². The number of carbonyl (C=O) groups is 2. The van der Waals surface area contributed by atoms with Crippen molar-refractivity contribution in [1.29, 1.82) is 0 Å². The van der Waals surface area contributed by atoms with Gasteiger partial charge in [-0.2, -0.15) is 0 Å². The predicted molar refractivity (Wildman–Crippen MR) is 165 cm³/mol. The van der Waals surface area contributed by atoms with Crippen molar-refractivity contribution in [2.45, 2.75) is 43.4 Å². The second-order valence-corrected chi connectivity index (χ2v) is 16.0. The molecule has 2 heterocycles. The number of fused-ring (bicyclic) bond motifs is 3. The summed E-state index contributed by atoms with van der Waals surface area (Å²) in [5, 5.41) is 23.8. The van der Waals surface area contributed by atoms with Crippen molar-refractivity contribution in [3.05, 3.63) is 92.3 Å². The van der Waals surface area contributed by atoms with Gasteiger partial charge in [0.15, 0.2) is 6.23 Å². The van der Waals surface area contributed by atoms with Gasteiger partial charge in [0.05, 0.1) is 12.6 Å². The SMILES string of the molecule is C=P(C)(C)CC[C@H]1OC(n2cc(CNCC(=O)OC(=O)OCC3c4ccccc4-c4ccccc43)c(=O)[nH]c2=O)[C@H](O)[C@@H]1O. The third-order valence-corrected chi connectivity index (χ3v) is 9.25. The molecule has 0 saturated carbocycles. The Hall–Kier alpha value is -3.80. The van der Waals surface area contributed by atoms with Gasteiger partial charge in [-0.15, -0.1) is 13.2 Å². The van der Waals surface area contributed by atoms with Gasteiger partial charge in [0.25, 0.3) is 5.56 Å². The Labute approximate surface area is 253 Å². The van der Waals surface area contributed by atoms with Crippen LogP contribution >= 0.6 is 6.89 Å². The number of nitrogens with one attached hydrogen (secondary N) is 2. The summed E-state index contributed by atoms with van der Waals surface area (Å²) >= 11 is 0. The Morgan fingerprint density at radius 3 is 2.32 bits per heavy atom. The highest BCUT2D eigenvalue weighted by atomic mass is 31.2. The average molecular weight is 626 g/mol. The van der Waals surface area contributed by atoms with E-state index in [4.69, 9.17) is 14.2 Å². The van der Waals surface area contributed by atoms with Crippen LogP contribution in [0, 0.1) is 0 Å². The van der Waals surface area contributed by atoms with Crippen molar-refractivity contribution >= 4 is 25.3 Å². The largest absolute Gasteiger partial charge is 0.516 e. The highest BCUT2D eigenvalue weighted by molar-refractivity contribution is 7.72. The predicted octanol–water partition coefficient (Wildman–Crippen LogP) is 1.84. The van der Waals surface area contributed by atoms with Crippen LogP contribution < -0.4 is 16.6 Å². The van der Waals surface area contributed by atoms with Crippen LogP contribution in [-0.4, -0.2) is 89.1 Å². The topological polar surface area (TPSA) is 169 Å². The number of aromatic nitrogens is 2. The summed E-state index contributed by atoms with van der Waals surface area (Å²) in [5.74, 6) is -1.12. The van der Waals surface area contributed by atoms with E-state index in [9.17, 15) is 29.4 Å². The van der Waals surface area contributed by atoms with Gasteiger partial charge in [-0.25, -0.2) is 9.59 Å². The van der Waals surface area contributed by atoms with Crippen LogP contribution in [0.1, 0.15) is 35.3 Å². The lowest BCUT2D eigenvalue weighted by Crippen LogP contribution is -2.39. The van der Waals surface area contributed by atoms with Crippen LogP contribution in [0.2, 0.25) is 0 Å². The molecule has 2 aliphatic rings. The van der Waals surface area contributed by atoms with E-state index in [-0.39, 0.29) is 24.6 Å². The number of aliphatic hydroxyl groups excluding tert-OH is 2. The lowest BCUT2D eigenvalue weighted by Gasteiger charge is -2.19. The molecule has 4 atom stereocenters. The summed E-state index contributed by atoms with van der Waals surface area (Å²) in [7, 11) is 0. The van der Waals surface area contributed by atoms with Gasteiger partial charge < -0.3 is 29.7 Å². The Balaban J connectivity index is 1.14. The maximum atomic E-state index is 12.5. The molecule has 234 valence electrons. The molecular formula is C31H36N3O9P. The normalized spacial score (nSPS) is 21.1. The molecule has 1 saturated heterocycles. The van der Waals surface area contributed by atoms with Crippen molar-refractivity contribution in [3.63, 3.8) is 0 Å². The molecule has 0 amide bonds. The van der Waals surface area contributed by atoms with Crippen molar-refractivity contribution in [3.8, 4) is 11.1 Å². The molecule has 1 aromatic heterocycles. The number of hydrogen-bond donors (Lipinski definition) is 4. The lowest BCUT2D eigenvalue weighted by molar-refractivity contribution is -0.138. The van der Waals surface area contributed by atoms with E-state index in [1.54, 1.807) is 0 Å². The highest BCUT2D eigenvalue weighted by Gasteiger charge is 2.44. The minimum Gasteiger partial charge on any atom is -0.433 e. The summed E-state index contributed by atoms with van der Waals surface area (Å²) in [6, 6.07) is 15.7. The number of rotatable bonds is 10. The quantitative estimate of drug-likeness (QED) is 0.148. The van der Waals surface area contributed by atoms with Crippen molar-refractivity contribution in [2.24, 2.45) is 0 Å². The van der Waals surface area contributed by atoms with Crippen LogP contribution in [0.3, 0.4) is 0 Å². The summed E-state index contributed by atoms with van der Waals surface area (Å²) in [6.45, 7) is 2.06. The summed E-state index contributed by atoms with van der Waals surface area (Å²) in [5.41, 5.74) is 2.69. The van der Waals surface area contributed by atoms with Crippen LogP contribution in [0.15, 0.2) is 64.3 Å². The number of esters is 1. The molecule has 44 heavy (non-hydrogen) atoms. The molecule has 13 heteroatoms.